The number of halogens is 3. The highest BCUT2D eigenvalue weighted by Gasteiger charge is 2.67. The van der Waals surface area contributed by atoms with Gasteiger partial charge in [0.25, 0.3) is 0 Å². The summed E-state index contributed by atoms with van der Waals surface area (Å²) in [7, 11) is 1.57. The number of hydrogen-bond donors (Lipinski definition) is 0. The van der Waals surface area contributed by atoms with E-state index in [0.29, 0.717) is 0 Å². The van der Waals surface area contributed by atoms with E-state index in [-0.39, 0.29) is 12.2 Å². The van der Waals surface area contributed by atoms with E-state index in [1.54, 1.807) is 7.05 Å². The number of ether oxygens (including phenoxy) is 1. The fourth-order valence-corrected chi connectivity index (χ4v) is 1.20. The zero-order valence-electron chi connectivity index (χ0n) is 6.80. The van der Waals surface area contributed by atoms with Gasteiger partial charge in [-0.25, -0.2) is 0 Å². The molecule has 2 rings (SSSR count). The molecule has 1 aromatic heterocycles. The third kappa shape index (κ3) is 1.13. The van der Waals surface area contributed by atoms with Crippen molar-refractivity contribution in [2.75, 3.05) is 6.61 Å². The van der Waals surface area contributed by atoms with Crippen molar-refractivity contribution in [1.29, 1.82) is 0 Å². The number of aromatic nitrogens is 2. The third-order valence-corrected chi connectivity index (χ3v) is 2.06. The summed E-state index contributed by atoms with van der Waals surface area (Å²) in [5, 5.41) is 3.67. The number of nitrogens with zero attached hydrogens (tertiary/aromatic N) is 2. The number of epoxide rings is 1. The number of hydrogen-bond acceptors (Lipinski definition) is 2. The first-order chi connectivity index (χ1) is 5.96. The molecule has 13 heavy (non-hydrogen) atoms. The molecule has 0 spiro atoms. The van der Waals surface area contributed by atoms with Gasteiger partial charge in [-0.2, -0.15) is 18.3 Å². The molecule has 0 saturated carbocycles. The Bertz CT molecular complexity index is 327. The average Bonchev–Trinajstić information content (AvgIpc) is 2.70. The molecule has 2 heterocycles. The summed E-state index contributed by atoms with van der Waals surface area (Å²) in [5.41, 5.74) is -2.01. The Hall–Kier alpha value is -1.04. The van der Waals surface area contributed by atoms with E-state index in [2.05, 4.69) is 9.84 Å². The molecule has 3 nitrogen and oxygen atoms in total. The monoisotopic (exact) mass is 192 g/mol. The molecule has 0 bridgehead atoms. The minimum Gasteiger partial charge on any atom is -0.355 e. The first-order valence-corrected chi connectivity index (χ1v) is 3.65. The molecule has 0 amide bonds. The largest absolute Gasteiger partial charge is 0.424 e. The molecule has 1 unspecified atom stereocenters. The van der Waals surface area contributed by atoms with Crippen LogP contribution in [0.5, 0.6) is 0 Å². The quantitative estimate of drug-likeness (QED) is 0.626. The highest BCUT2D eigenvalue weighted by molar-refractivity contribution is 5.24. The van der Waals surface area contributed by atoms with E-state index in [4.69, 9.17) is 0 Å². The molecule has 1 aromatic rings. The van der Waals surface area contributed by atoms with Crippen LogP contribution in [0.2, 0.25) is 0 Å². The van der Waals surface area contributed by atoms with Crippen molar-refractivity contribution in [3.8, 4) is 0 Å². The van der Waals surface area contributed by atoms with Crippen LogP contribution < -0.4 is 0 Å². The Morgan fingerprint density at radius 3 is 2.54 bits per heavy atom. The lowest BCUT2D eigenvalue weighted by Crippen LogP contribution is -2.29. The fourth-order valence-electron chi connectivity index (χ4n) is 1.20. The first kappa shape index (κ1) is 8.55. The lowest BCUT2D eigenvalue weighted by Gasteiger charge is -2.13. The van der Waals surface area contributed by atoms with Crippen molar-refractivity contribution >= 4 is 0 Å². The maximum Gasteiger partial charge on any atom is 0.424 e. The van der Waals surface area contributed by atoms with Gasteiger partial charge in [0.2, 0.25) is 5.60 Å². The predicted octanol–water partition coefficient (Wildman–Crippen LogP) is 1.21. The molecule has 72 valence electrons. The van der Waals surface area contributed by atoms with E-state index in [1.807, 2.05) is 0 Å². The predicted molar refractivity (Wildman–Crippen MR) is 36.9 cm³/mol. The molecule has 1 fully saturated rings. The summed E-state index contributed by atoms with van der Waals surface area (Å²) < 4.78 is 43.1. The van der Waals surface area contributed by atoms with Crippen LogP contribution in [0, 0.1) is 0 Å². The standard InChI is InChI=1S/C7H7F3N2O/c1-12-3-5(2-11-12)6(4-13-6)7(8,9)10/h2-3H,4H2,1H3. The van der Waals surface area contributed by atoms with E-state index >= 15 is 0 Å². The number of rotatable bonds is 1. The van der Waals surface area contributed by atoms with Gasteiger partial charge in [0.1, 0.15) is 0 Å². The highest BCUT2D eigenvalue weighted by Crippen LogP contribution is 2.51. The Morgan fingerprint density at radius 2 is 2.23 bits per heavy atom. The number of aryl methyl sites for hydroxylation is 1. The zero-order valence-corrected chi connectivity index (χ0v) is 6.80. The van der Waals surface area contributed by atoms with Gasteiger partial charge in [-0.15, -0.1) is 0 Å². The fraction of sp³-hybridized carbons (Fsp3) is 0.571. The molecule has 1 saturated heterocycles. The summed E-state index contributed by atoms with van der Waals surface area (Å²) in [6.07, 6.45) is -1.85. The molecule has 1 aliphatic rings. The van der Waals surface area contributed by atoms with Crippen molar-refractivity contribution < 1.29 is 17.9 Å². The average molecular weight is 192 g/mol. The molecule has 6 heteroatoms. The molecule has 1 atom stereocenters. The van der Waals surface area contributed by atoms with Crippen molar-refractivity contribution in [2.24, 2.45) is 7.05 Å². The second kappa shape index (κ2) is 2.25. The van der Waals surface area contributed by atoms with E-state index < -0.39 is 11.8 Å². The van der Waals surface area contributed by atoms with E-state index in [0.717, 1.165) is 0 Å². The molecule has 0 aliphatic carbocycles. The van der Waals surface area contributed by atoms with Crippen LogP contribution in [0.25, 0.3) is 0 Å². The van der Waals surface area contributed by atoms with Crippen LogP contribution in [0.1, 0.15) is 5.56 Å². The molecule has 0 aromatic carbocycles. The van der Waals surface area contributed by atoms with Gasteiger partial charge in [0.15, 0.2) is 0 Å². The maximum atomic E-state index is 12.4. The van der Waals surface area contributed by atoms with Gasteiger partial charge in [0, 0.05) is 18.8 Å². The minimum absolute atomic E-state index is 0.0718. The van der Waals surface area contributed by atoms with Crippen molar-refractivity contribution in [3.63, 3.8) is 0 Å². The first-order valence-electron chi connectivity index (χ1n) is 3.65. The summed E-state index contributed by atoms with van der Waals surface area (Å²) in [6.45, 7) is -0.303. The second-order valence-electron chi connectivity index (χ2n) is 3.02. The van der Waals surface area contributed by atoms with Crippen LogP contribution in [-0.2, 0) is 17.4 Å². The number of alkyl halides is 3. The molecular weight excluding hydrogens is 185 g/mol. The lowest BCUT2D eigenvalue weighted by molar-refractivity contribution is -0.187. The third-order valence-electron chi connectivity index (χ3n) is 2.06. The van der Waals surface area contributed by atoms with Gasteiger partial charge in [-0.1, -0.05) is 0 Å². The van der Waals surface area contributed by atoms with Crippen LogP contribution in [0.4, 0.5) is 13.2 Å². The maximum absolute atomic E-state index is 12.4. The second-order valence-corrected chi connectivity index (χ2v) is 3.02. The van der Waals surface area contributed by atoms with Crippen LogP contribution in [0.3, 0.4) is 0 Å². The van der Waals surface area contributed by atoms with Gasteiger partial charge in [-0.05, 0) is 0 Å². The normalized spacial score (nSPS) is 27.7. The molecule has 1 aliphatic heterocycles. The Balaban J connectivity index is 2.36. The molecule has 0 radical (unpaired) electrons. The lowest BCUT2D eigenvalue weighted by atomic mass is 10.0. The SMILES string of the molecule is Cn1cc(C2(C(F)(F)F)CO2)cn1. The Morgan fingerprint density at radius 1 is 1.62 bits per heavy atom. The van der Waals surface area contributed by atoms with Gasteiger partial charge < -0.3 is 4.74 Å². The van der Waals surface area contributed by atoms with Gasteiger partial charge in [-0.3, -0.25) is 4.68 Å². The topological polar surface area (TPSA) is 30.4 Å². The van der Waals surface area contributed by atoms with Crippen molar-refractivity contribution in [3.05, 3.63) is 18.0 Å². The zero-order chi connectivity index (χ0) is 9.69. The van der Waals surface area contributed by atoms with E-state index in [1.165, 1.54) is 17.1 Å². The Labute approximate surface area is 72.1 Å². The van der Waals surface area contributed by atoms with Crippen molar-refractivity contribution in [1.82, 2.24) is 9.78 Å². The van der Waals surface area contributed by atoms with Crippen LogP contribution in [-0.4, -0.2) is 22.6 Å². The molecule has 0 N–H and O–H groups in total. The van der Waals surface area contributed by atoms with Crippen LogP contribution >= 0.6 is 0 Å². The summed E-state index contributed by atoms with van der Waals surface area (Å²) in [6, 6.07) is 0. The molecular formula is C7H7F3N2O. The summed E-state index contributed by atoms with van der Waals surface area (Å²) in [5.74, 6) is 0. The van der Waals surface area contributed by atoms with Gasteiger partial charge >= 0.3 is 6.18 Å². The van der Waals surface area contributed by atoms with Gasteiger partial charge in [0.05, 0.1) is 12.8 Å². The Kier molecular flexibility index (Phi) is 1.48. The van der Waals surface area contributed by atoms with Crippen molar-refractivity contribution in [2.45, 2.75) is 11.8 Å². The van der Waals surface area contributed by atoms with Crippen LogP contribution in [0.15, 0.2) is 12.4 Å². The van der Waals surface area contributed by atoms with E-state index in [9.17, 15) is 13.2 Å². The summed E-state index contributed by atoms with van der Waals surface area (Å²) >= 11 is 0. The minimum atomic E-state index is -4.35. The summed E-state index contributed by atoms with van der Waals surface area (Å²) in [4.78, 5) is 0. The highest BCUT2D eigenvalue weighted by atomic mass is 19.4. The smallest absolute Gasteiger partial charge is 0.355 e.